The van der Waals surface area contributed by atoms with Gasteiger partial charge in [-0.3, -0.25) is 0 Å². The van der Waals surface area contributed by atoms with Crippen LogP contribution < -0.4 is 4.74 Å². The average Bonchev–Trinajstić information content (AvgIpc) is 2.73. The van der Waals surface area contributed by atoms with E-state index in [9.17, 15) is 0 Å². The number of aryl methyl sites for hydroxylation is 1. The third-order valence-electron chi connectivity index (χ3n) is 5.94. The van der Waals surface area contributed by atoms with E-state index in [0.29, 0.717) is 0 Å². The van der Waals surface area contributed by atoms with Crippen LogP contribution in [0.15, 0.2) is 36.7 Å². The van der Waals surface area contributed by atoms with Gasteiger partial charge < -0.3 is 4.74 Å². The van der Waals surface area contributed by atoms with Crippen molar-refractivity contribution < 1.29 is 4.74 Å². The van der Waals surface area contributed by atoms with Gasteiger partial charge in [-0.2, -0.15) is 0 Å². The van der Waals surface area contributed by atoms with Gasteiger partial charge in [0.05, 0.1) is 6.61 Å². The average molecular weight is 367 g/mol. The summed E-state index contributed by atoms with van der Waals surface area (Å²) in [6, 6.07) is 8.18. The van der Waals surface area contributed by atoms with Crippen molar-refractivity contribution in [1.29, 1.82) is 0 Å². The van der Waals surface area contributed by atoms with E-state index in [-0.39, 0.29) is 0 Å². The van der Waals surface area contributed by atoms with E-state index in [4.69, 9.17) is 4.74 Å². The second-order valence-corrected chi connectivity index (χ2v) is 7.89. The minimum Gasteiger partial charge on any atom is -0.494 e. The highest BCUT2D eigenvalue weighted by Gasteiger charge is 2.22. The largest absolute Gasteiger partial charge is 0.494 e. The molecule has 2 aromatic rings. The number of nitrogens with zero attached hydrogens (tertiary/aromatic N) is 2. The van der Waals surface area contributed by atoms with E-state index in [1.54, 1.807) is 0 Å². The van der Waals surface area contributed by atoms with Crippen LogP contribution in [0.4, 0.5) is 0 Å². The first-order chi connectivity index (χ1) is 13.3. The van der Waals surface area contributed by atoms with Crippen LogP contribution in [0.1, 0.15) is 70.8 Å². The Morgan fingerprint density at radius 2 is 1.67 bits per heavy atom. The van der Waals surface area contributed by atoms with E-state index in [1.807, 2.05) is 24.5 Å². The highest BCUT2D eigenvalue weighted by atomic mass is 16.5. The quantitative estimate of drug-likeness (QED) is 0.477. The minimum atomic E-state index is 0.782. The lowest BCUT2D eigenvalue weighted by atomic mass is 9.76. The van der Waals surface area contributed by atoms with Crippen LogP contribution >= 0.6 is 0 Å². The lowest BCUT2D eigenvalue weighted by Gasteiger charge is -2.30. The fourth-order valence-corrected chi connectivity index (χ4v) is 4.36. The maximum atomic E-state index is 5.97. The summed E-state index contributed by atoms with van der Waals surface area (Å²) < 4.78 is 5.97. The van der Waals surface area contributed by atoms with Gasteiger partial charge in [0.2, 0.25) is 0 Å². The molecule has 0 N–H and O–H groups in total. The van der Waals surface area contributed by atoms with Crippen LogP contribution in [0.25, 0.3) is 11.4 Å². The molecule has 146 valence electrons. The molecule has 0 amide bonds. The molecular formula is C24H34N2O. The van der Waals surface area contributed by atoms with Gasteiger partial charge >= 0.3 is 0 Å². The zero-order valence-corrected chi connectivity index (χ0v) is 17.0. The Bertz CT molecular complexity index is 666. The van der Waals surface area contributed by atoms with Crippen molar-refractivity contribution >= 4 is 0 Å². The number of aromatic nitrogens is 2. The molecule has 3 rings (SSSR count). The lowest BCUT2D eigenvalue weighted by Crippen LogP contribution is -2.19. The molecule has 0 saturated heterocycles. The molecule has 1 aliphatic carbocycles. The summed E-state index contributed by atoms with van der Waals surface area (Å²) in [4.78, 5) is 8.98. The minimum absolute atomic E-state index is 0.782. The molecule has 1 heterocycles. The molecule has 3 heteroatoms. The second-order valence-electron chi connectivity index (χ2n) is 7.89. The van der Waals surface area contributed by atoms with E-state index in [2.05, 4.69) is 35.9 Å². The summed E-state index contributed by atoms with van der Waals surface area (Å²) in [5, 5.41) is 0. The molecule has 1 aromatic carbocycles. The van der Waals surface area contributed by atoms with Crippen molar-refractivity contribution in [1.82, 2.24) is 9.97 Å². The van der Waals surface area contributed by atoms with Gasteiger partial charge in [-0.1, -0.05) is 52.4 Å². The smallest absolute Gasteiger partial charge is 0.159 e. The maximum Gasteiger partial charge on any atom is 0.159 e. The third-order valence-corrected chi connectivity index (χ3v) is 5.94. The molecule has 1 aromatic heterocycles. The number of hydrogen-bond donors (Lipinski definition) is 0. The summed E-state index contributed by atoms with van der Waals surface area (Å²) in [5.41, 5.74) is 2.24. The number of benzene rings is 1. The maximum absolute atomic E-state index is 5.97. The number of hydrogen-bond acceptors (Lipinski definition) is 3. The Kier molecular flexibility index (Phi) is 7.67. The molecule has 1 saturated carbocycles. The molecule has 0 spiro atoms. The zero-order valence-electron chi connectivity index (χ0n) is 17.0. The normalized spacial score (nSPS) is 19.8. The Hall–Kier alpha value is -1.90. The van der Waals surface area contributed by atoms with Gasteiger partial charge in [0.1, 0.15) is 5.75 Å². The van der Waals surface area contributed by atoms with Crippen LogP contribution in [0.2, 0.25) is 0 Å². The van der Waals surface area contributed by atoms with Crippen molar-refractivity contribution in [2.24, 2.45) is 11.8 Å². The predicted molar refractivity (Wildman–Crippen MR) is 112 cm³/mol. The Morgan fingerprint density at radius 3 is 2.33 bits per heavy atom. The van der Waals surface area contributed by atoms with Gasteiger partial charge in [-0.25, -0.2) is 9.97 Å². The molecule has 3 nitrogen and oxygen atoms in total. The van der Waals surface area contributed by atoms with Gasteiger partial charge in [0.15, 0.2) is 5.82 Å². The van der Waals surface area contributed by atoms with Gasteiger partial charge in [-0.05, 0) is 60.9 Å². The van der Waals surface area contributed by atoms with E-state index < -0.39 is 0 Å². The van der Waals surface area contributed by atoms with Crippen LogP contribution in [-0.4, -0.2) is 16.6 Å². The first-order valence-corrected chi connectivity index (χ1v) is 10.8. The summed E-state index contributed by atoms with van der Waals surface area (Å²) >= 11 is 0. The first-order valence-electron chi connectivity index (χ1n) is 10.8. The Labute approximate surface area is 164 Å². The van der Waals surface area contributed by atoms with Crippen LogP contribution in [-0.2, 0) is 6.42 Å². The molecule has 0 aliphatic heterocycles. The van der Waals surface area contributed by atoms with Crippen molar-refractivity contribution in [2.45, 2.75) is 71.6 Å². The van der Waals surface area contributed by atoms with Crippen molar-refractivity contribution in [3.63, 3.8) is 0 Å². The highest BCUT2D eigenvalue weighted by molar-refractivity contribution is 5.55. The Morgan fingerprint density at radius 1 is 0.963 bits per heavy atom. The molecule has 2 atom stereocenters. The van der Waals surface area contributed by atoms with E-state index in [1.165, 1.54) is 44.1 Å². The molecule has 1 aliphatic rings. The number of rotatable bonds is 9. The van der Waals surface area contributed by atoms with E-state index >= 15 is 0 Å². The van der Waals surface area contributed by atoms with Gasteiger partial charge in [0, 0.05) is 18.0 Å². The SMILES string of the molecule is CCCc1cnc(-c2ccc(OCCCC3CCCCC3CC)cc2)nc1. The van der Waals surface area contributed by atoms with Gasteiger partial charge in [0.25, 0.3) is 0 Å². The lowest BCUT2D eigenvalue weighted by molar-refractivity contribution is 0.199. The van der Waals surface area contributed by atoms with Crippen LogP contribution in [0.5, 0.6) is 5.75 Å². The summed E-state index contributed by atoms with van der Waals surface area (Å²) in [6.45, 7) is 5.33. The van der Waals surface area contributed by atoms with Crippen LogP contribution in [0, 0.1) is 11.8 Å². The molecule has 2 unspecified atom stereocenters. The van der Waals surface area contributed by atoms with Gasteiger partial charge in [-0.15, -0.1) is 0 Å². The predicted octanol–water partition coefficient (Wildman–Crippen LogP) is 6.47. The topological polar surface area (TPSA) is 35.0 Å². The number of ether oxygens (including phenoxy) is 1. The molecule has 1 fully saturated rings. The standard InChI is InChI=1S/C24H34N2O/c1-3-8-19-17-25-24(26-18-19)22-12-14-23(15-13-22)27-16-7-11-21-10-6-5-9-20(21)4-2/h12-15,17-18,20-21H,3-11,16H2,1-2H3. The molecule has 27 heavy (non-hydrogen) atoms. The molecule has 0 bridgehead atoms. The highest BCUT2D eigenvalue weighted by Crippen LogP contribution is 2.35. The fraction of sp³-hybridized carbons (Fsp3) is 0.583. The van der Waals surface area contributed by atoms with E-state index in [0.717, 1.165) is 54.8 Å². The summed E-state index contributed by atoms with van der Waals surface area (Å²) in [7, 11) is 0. The van der Waals surface area contributed by atoms with Crippen molar-refractivity contribution in [2.75, 3.05) is 6.61 Å². The van der Waals surface area contributed by atoms with Crippen molar-refractivity contribution in [3.05, 3.63) is 42.2 Å². The van der Waals surface area contributed by atoms with Crippen molar-refractivity contribution in [3.8, 4) is 17.1 Å². The molecule has 0 radical (unpaired) electrons. The fourth-order valence-electron chi connectivity index (χ4n) is 4.36. The van der Waals surface area contributed by atoms with Crippen LogP contribution in [0.3, 0.4) is 0 Å². The second kappa shape index (κ2) is 10.4. The first kappa shape index (κ1) is 19.9. The summed E-state index contributed by atoms with van der Waals surface area (Å²) in [6.07, 6.45) is 15.6. The molecular weight excluding hydrogens is 332 g/mol. The summed E-state index contributed by atoms with van der Waals surface area (Å²) in [5.74, 6) is 3.59. The monoisotopic (exact) mass is 366 g/mol. The Balaban J connectivity index is 1.45. The zero-order chi connectivity index (χ0) is 18.9. The third kappa shape index (κ3) is 5.79.